The van der Waals surface area contributed by atoms with Crippen LogP contribution in [0.3, 0.4) is 0 Å². The first-order chi connectivity index (χ1) is 17.9. The summed E-state index contributed by atoms with van der Waals surface area (Å²) in [6.07, 6.45) is 0.0859. The molecule has 6 nitrogen and oxygen atoms in total. The van der Waals surface area contributed by atoms with Crippen molar-refractivity contribution in [2.24, 2.45) is 0 Å². The van der Waals surface area contributed by atoms with Crippen LogP contribution in [-0.4, -0.2) is 39.7 Å². The van der Waals surface area contributed by atoms with Gasteiger partial charge in [0, 0.05) is 29.8 Å². The molecule has 0 fully saturated rings. The summed E-state index contributed by atoms with van der Waals surface area (Å²) in [6, 6.07) is 8.00. The largest absolute Gasteiger partial charge is 0.481 e. The third kappa shape index (κ3) is 6.83. The van der Waals surface area contributed by atoms with Crippen molar-refractivity contribution in [1.82, 2.24) is 15.0 Å². The number of allylic oxidation sites excluding steroid dienone is 5. The van der Waals surface area contributed by atoms with Crippen LogP contribution >= 0.6 is 0 Å². The zero-order valence-electron chi connectivity index (χ0n) is 21.1. The molecule has 0 unspecified atom stereocenters. The molecule has 0 saturated heterocycles. The molecule has 1 aromatic heterocycles. The predicted molar refractivity (Wildman–Crippen MR) is 136 cm³/mol. The molecule has 0 aliphatic rings. The van der Waals surface area contributed by atoms with Crippen LogP contribution in [0.1, 0.15) is 37.0 Å². The first-order valence-corrected chi connectivity index (χ1v) is 11.7. The highest BCUT2D eigenvalue weighted by Gasteiger charge is 2.35. The molecule has 0 radical (unpaired) electrons. The summed E-state index contributed by atoms with van der Waals surface area (Å²) in [5.74, 6) is -1.64. The number of hydrogen-bond acceptors (Lipinski definition) is 5. The normalized spacial score (nSPS) is 12.7. The molecule has 3 rings (SSSR count). The molecule has 38 heavy (non-hydrogen) atoms. The second kappa shape index (κ2) is 12.0. The average molecular weight is 530 g/mol. The first kappa shape index (κ1) is 28.5. The molecule has 3 aromatic rings. The fraction of sp³-hybridized carbons (Fsp3) is 0.250. The molecule has 0 atom stereocenters. The van der Waals surface area contributed by atoms with E-state index in [4.69, 9.17) is 9.63 Å². The summed E-state index contributed by atoms with van der Waals surface area (Å²) in [6.45, 7) is 7.59. The minimum atomic E-state index is -4.66. The third-order valence-corrected chi connectivity index (χ3v) is 5.79. The SMILES string of the molecule is C=C/C(=C(C)\C=C/C)c1ccc(-c2nc(-c3ccc(CN(C)CCC(=O)O)c(F)c3)no2)cc1C(F)(F)F. The second-order valence-corrected chi connectivity index (χ2v) is 8.67. The fourth-order valence-corrected chi connectivity index (χ4v) is 3.90. The summed E-state index contributed by atoms with van der Waals surface area (Å²) in [7, 11) is 1.68. The number of alkyl halides is 3. The molecule has 1 heterocycles. The Kier molecular flexibility index (Phi) is 9.00. The summed E-state index contributed by atoms with van der Waals surface area (Å²) in [4.78, 5) is 16.6. The zero-order chi connectivity index (χ0) is 28.0. The lowest BCUT2D eigenvalue weighted by Gasteiger charge is -2.16. The van der Waals surface area contributed by atoms with E-state index in [1.54, 1.807) is 44.0 Å². The van der Waals surface area contributed by atoms with Crippen LogP contribution in [0.5, 0.6) is 0 Å². The standard InChI is InChI=1S/C28H27F4N3O3/c1-5-7-17(3)21(6-2)22-11-10-19(14-23(22)28(30,31)32)27-33-26(34-38-27)18-8-9-20(24(29)15-18)16-35(4)13-12-25(36)37/h5-11,14-15H,2,12-13,16H2,1,3-4H3,(H,36,37)/b7-5-,21-17+. The van der Waals surface area contributed by atoms with Gasteiger partial charge >= 0.3 is 12.1 Å². The molecule has 0 bridgehead atoms. The van der Waals surface area contributed by atoms with E-state index in [1.807, 2.05) is 0 Å². The zero-order valence-corrected chi connectivity index (χ0v) is 21.1. The topological polar surface area (TPSA) is 79.5 Å². The van der Waals surface area contributed by atoms with E-state index in [1.165, 1.54) is 30.3 Å². The second-order valence-electron chi connectivity index (χ2n) is 8.67. The Morgan fingerprint density at radius 3 is 2.50 bits per heavy atom. The molecule has 0 aliphatic carbocycles. The maximum atomic E-state index is 14.7. The third-order valence-electron chi connectivity index (χ3n) is 5.79. The van der Waals surface area contributed by atoms with Crippen molar-refractivity contribution < 1.29 is 32.0 Å². The fourth-order valence-electron chi connectivity index (χ4n) is 3.90. The number of nitrogens with zero attached hydrogens (tertiary/aromatic N) is 3. The number of carboxylic acids is 1. The highest BCUT2D eigenvalue weighted by molar-refractivity contribution is 5.81. The van der Waals surface area contributed by atoms with Crippen molar-refractivity contribution in [2.75, 3.05) is 13.6 Å². The number of rotatable bonds is 10. The van der Waals surface area contributed by atoms with Crippen molar-refractivity contribution in [1.29, 1.82) is 0 Å². The Labute approximate surface area is 217 Å². The van der Waals surface area contributed by atoms with Crippen LogP contribution in [-0.2, 0) is 17.5 Å². The number of carbonyl (C=O) groups is 1. The van der Waals surface area contributed by atoms with Gasteiger partial charge in [-0.1, -0.05) is 48.2 Å². The number of aliphatic carboxylic acids is 1. The molecule has 0 saturated carbocycles. The summed E-state index contributed by atoms with van der Waals surface area (Å²) < 4.78 is 61.9. The van der Waals surface area contributed by atoms with E-state index < -0.39 is 23.5 Å². The van der Waals surface area contributed by atoms with Crippen LogP contribution < -0.4 is 0 Å². The maximum absolute atomic E-state index is 14.7. The van der Waals surface area contributed by atoms with Crippen LogP contribution in [0, 0.1) is 5.82 Å². The van der Waals surface area contributed by atoms with Gasteiger partial charge in [0.15, 0.2) is 0 Å². The van der Waals surface area contributed by atoms with Crippen LogP contribution in [0.4, 0.5) is 17.6 Å². The Bertz CT molecular complexity index is 1390. The minimum absolute atomic E-state index is 0.0120. The Hall–Kier alpha value is -4.05. The lowest BCUT2D eigenvalue weighted by atomic mass is 9.93. The van der Waals surface area contributed by atoms with E-state index in [0.717, 1.165) is 6.07 Å². The molecule has 10 heteroatoms. The Morgan fingerprint density at radius 1 is 1.18 bits per heavy atom. The van der Waals surface area contributed by atoms with Gasteiger partial charge in [0.25, 0.3) is 5.89 Å². The van der Waals surface area contributed by atoms with Crippen molar-refractivity contribution >= 4 is 11.5 Å². The van der Waals surface area contributed by atoms with E-state index >= 15 is 0 Å². The monoisotopic (exact) mass is 529 g/mol. The van der Waals surface area contributed by atoms with E-state index in [-0.39, 0.29) is 47.9 Å². The van der Waals surface area contributed by atoms with Crippen molar-refractivity contribution in [2.45, 2.75) is 33.0 Å². The van der Waals surface area contributed by atoms with Gasteiger partial charge in [0.1, 0.15) is 5.82 Å². The van der Waals surface area contributed by atoms with Gasteiger partial charge in [0.2, 0.25) is 5.82 Å². The molecular formula is C28H27F4N3O3. The molecule has 2 aromatic carbocycles. The van der Waals surface area contributed by atoms with Gasteiger partial charge in [-0.25, -0.2) is 4.39 Å². The van der Waals surface area contributed by atoms with E-state index in [9.17, 15) is 22.4 Å². The maximum Gasteiger partial charge on any atom is 0.417 e. The lowest BCUT2D eigenvalue weighted by molar-refractivity contribution is -0.138. The molecule has 1 N–H and O–H groups in total. The smallest absolute Gasteiger partial charge is 0.417 e. The molecule has 0 amide bonds. The van der Waals surface area contributed by atoms with Crippen LogP contribution in [0.25, 0.3) is 28.4 Å². The van der Waals surface area contributed by atoms with Gasteiger partial charge in [-0.2, -0.15) is 18.2 Å². The molecule has 0 aliphatic heterocycles. The average Bonchev–Trinajstić information content (AvgIpc) is 3.34. The number of benzene rings is 2. The quantitative estimate of drug-likeness (QED) is 0.225. The highest BCUT2D eigenvalue weighted by atomic mass is 19.4. The van der Waals surface area contributed by atoms with Gasteiger partial charge in [0.05, 0.1) is 12.0 Å². The molecule has 0 spiro atoms. The summed E-state index contributed by atoms with van der Waals surface area (Å²) in [5.41, 5.74) is 0.741. The Morgan fingerprint density at radius 2 is 1.89 bits per heavy atom. The van der Waals surface area contributed by atoms with E-state index in [0.29, 0.717) is 16.7 Å². The summed E-state index contributed by atoms with van der Waals surface area (Å²) >= 11 is 0. The van der Waals surface area contributed by atoms with E-state index in [2.05, 4.69) is 16.7 Å². The van der Waals surface area contributed by atoms with Gasteiger partial charge in [-0.05, 0) is 55.8 Å². The van der Waals surface area contributed by atoms with Crippen molar-refractivity contribution in [3.05, 3.63) is 89.3 Å². The Balaban J connectivity index is 1.92. The van der Waals surface area contributed by atoms with Crippen molar-refractivity contribution in [3.63, 3.8) is 0 Å². The van der Waals surface area contributed by atoms with Gasteiger partial charge in [-0.15, -0.1) is 0 Å². The number of aromatic nitrogens is 2. The number of hydrogen-bond donors (Lipinski definition) is 1. The lowest BCUT2D eigenvalue weighted by Crippen LogP contribution is -2.21. The minimum Gasteiger partial charge on any atom is -0.481 e. The van der Waals surface area contributed by atoms with Crippen LogP contribution in [0.2, 0.25) is 0 Å². The predicted octanol–water partition coefficient (Wildman–Crippen LogP) is 7.00. The summed E-state index contributed by atoms with van der Waals surface area (Å²) in [5, 5.41) is 12.6. The van der Waals surface area contributed by atoms with Crippen molar-refractivity contribution in [3.8, 4) is 22.8 Å². The van der Waals surface area contributed by atoms with Gasteiger partial charge < -0.3 is 14.5 Å². The number of carboxylic acid groups (broad SMARTS) is 1. The first-order valence-electron chi connectivity index (χ1n) is 11.7. The van der Waals surface area contributed by atoms with Gasteiger partial charge in [-0.3, -0.25) is 4.79 Å². The molecule has 200 valence electrons. The molecular weight excluding hydrogens is 502 g/mol. The van der Waals surface area contributed by atoms with Crippen LogP contribution in [0.15, 0.2) is 71.3 Å². The number of halogens is 4. The highest BCUT2D eigenvalue weighted by Crippen LogP contribution is 2.39.